The third kappa shape index (κ3) is 2.11. The lowest BCUT2D eigenvalue weighted by atomic mass is 10.4. The van der Waals surface area contributed by atoms with E-state index in [4.69, 9.17) is 9.15 Å². The molecule has 59 valence electrons. The van der Waals surface area contributed by atoms with Crippen LogP contribution >= 0.6 is 0 Å². The monoisotopic (exact) mass is 153 g/mol. The molecule has 1 aromatic rings. The Kier molecular flexibility index (Phi) is 2.72. The SMILES string of the molecule is [CH2]CCOC(=O)c1ccco1. The molecule has 0 spiro atoms. The van der Waals surface area contributed by atoms with Gasteiger partial charge in [-0.05, 0) is 25.5 Å². The molecule has 1 rings (SSSR count). The van der Waals surface area contributed by atoms with Crippen molar-refractivity contribution in [1.29, 1.82) is 0 Å². The van der Waals surface area contributed by atoms with Gasteiger partial charge >= 0.3 is 5.97 Å². The molecule has 1 heterocycles. The van der Waals surface area contributed by atoms with Crippen molar-refractivity contribution in [3.63, 3.8) is 0 Å². The highest BCUT2D eigenvalue weighted by Gasteiger charge is 2.07. The van der Waals surface area contributed by atoms with Crippen LogP contribution in [0.5, 0.6) is 0 Å². The second-order valence-corrected chi connectivity index (χ2v) is 1.97. The van der Waals surface area contributed by atoms with Crippen LogP contribution in [0.1, 0.15) is 17.0 Å². The lowest BCUT2D eigenvalue weighted by Crippen LogP contribution is -2.04. The highest BCUT2D eigenvalue weighted by Crippen LogP contribution is 2.01. The second-order valence-electron chi connectivity index (χ2n) is 1.97. The lowest BCUT2D eigenvalue weighted by molar-refractivity contribution is 0.0474. The van der Waals surface area contributed by atoms with Crippen molar-refractivity contribution in [3.05, 3.63) is 31.1 Å². The summed E-state index contributed by atoms with van der Waals surface area (Å²) in [5, 5.41) is 0. The van der Waals surface area contributed by atoms with Crippen LogP contribution in [0.25, 0.3) is 0 Å². The maximum atomic E-state index is 10.9. The van der Waals surface area contributed by atoms with E-state index in [1.807, 2.05) is 0 Å². The van der Waals surface area contributed by atoms with E-state index < -0.39 is 5.97 Å². The Labute approximate surface area is 65.0 Å². The number of esters is 1. The number of carbonyl (C=O) groups excluding carboxylic acids is 1. The van der Waals surface area contributed by atoms with Crippen LogP contribution in [0.4, 0.5) is 0 Å². The molecule has 0 saturated carbocycles. The predicted octanol–water partition coefficient (Wildman–Crippen LogP) is 1.66. The molecule has 0 unspecified atom stereocenters. The van der Waals surface area contributed by atoms with Crippen LogP contribution < -0.4 is 0 Å². The maximum Gasteiger partial charge on any atom is 0.374 e. The Morgan fingerprint density at radius 2 is 2.55 bits per heavy atom. The van der Waals surface area contributed by atoms with Crippen LogP contribution in [0.3, 0.4) is 0 Å². The minimum Gasteiger partial charge on any atom is -0.460 e. The molecule has 1 aromatic heterocycles. The molecular weight excluding hydrogens is 144 g/mol. The first-order valence-electron chi connectivity index (χ1n) is 3.34. The molecule has 0 aromatic carbocycles. The first-order valence-corrected chi connectivity index (χ1v) is 3.34. The minimum atomic E-state index is -0.432. The van der Waals surface area contributed by atoms with Gasteiger partial charge in [-0.2, -0.15) is 0 Å². The summed E-state index contributed by atoms with van der Waals surface area (Å²) in [7, 11) is 0. The Morgan fingerprint density at radius 1 is 1.73 bits per heavy atom. The average Bonchev–Trinajstić information content (AvgIpc) is 2.52. The Balaban J connectivity index is 2.43. The first kappa shape index (κ1) is 7.85. The Morgan fingerprint density at radius 3 is 3.09 bits per heavy atom. The van der Waals surface area contributed by atoms with Gasteiger partial charge in [-0.3, -0.25) is 0 Å². The number of furan rings is 1. The fourth-order valence-corrected chi connectivity index (χ4v) is 0.631. The lowest BCUT2D eigenvalue weighted by Gasteiger charge is -1.97. The fourth-order valence-electron chi connectivity index (χ4n) is 0.631. The molecule has 3 heteroatoms. The molecule has 0 amide bonds. The third-order valence-electron chi connectivity index (χ3n) is 1.10. The van der Waals surface area contributed by atoms with Crippen molar-refractivity contribution >= 4 is 5.97 Å². The van der Waals surface area contributed by atoms with E-state index in [-0.39, 0.29) is 5.76 Å². The van der Waals surface area contributed by atoms with Crippen LogP contribution in [-0.4, -0.2) is 12.6 Å². The minimum absolute atomic E-state index is 0.235. The van der Waals surface area contributed by atoms with Crippen molar-refractivity contribution in [1.82, 2.24) is 0 Å². The number of carbonyl (C=O) groups is 1. The van der Waals surface area contributed by atoms with E-state index in [0.717, 1.165) is 0 Å². The zero-order valence-electron chi connectivity index (χ0n) is 6.08. The molecule has 0 atom stereocenters. The van der Waals surface area contributed by atoms with E-state index in [0.29, 0.717) is 13.0 Å². The smallest absolute Gasteiger partial charge is 0.374 e. The van der Waals surface area contributed by atoms with Crippen LogP contribution in [0, 0.1) is 6.92 Å². The van der Waals surface area contributed by atoms with Gasteiger partial charge in [0.25, 0.3) is 0 Å². The number of hydrogen-bond acceptors (Lipinski definition) is 3. The van der Waals surface area contributed by atoms with Gasteiger partial charge in [-0.25, -0.2) is 4.79 Å². The molecule has 0 N–H and O–H groups in total. The zero-order valence-corrected chi connectivity index (χ0v) is 6.08. The van der Waals surface area contributed by atoms with Gasteiger partial charge in [0.05, 0.1) is 12.9 Å². The molecule has 0 fully saturated rings. The van der Waals surface area contributed by atoms with Gasteiger partial charge in [0.2, 0.25) is 5.76 Å². The van der Waals surface area contributed by atoms with Gasteiger partial charge in [-0.15, -0.1) is 0 Å². The number of ether oxygens (including phenoxy) is 1. The highest BCUT2D eigenvalue weighted by molar-refractivity contribution is 5.86. The molecule has 0 bridgehead atoms. The van der Waals surface area contributed by atoms with E-state index >= 15 is 0 Å². The van der Waals surface area contributed by atoms with Crippen molar-refractivity contribution in [2.45, 2.75) is 6.42 Å². The van der Waals surface area contributed by atoms with Gasteiger partial charge in [0.15, 0.2) is 0 Å². The summed E-state index contributed by atoms with van der Waals surface area (Å²) in [4.78, 5) is 10.9. The van der Waals surface area contributed by atoms with Crippen LogP contribution in [-0.2, 0) is 4.74 Å². The number of rotatable bonds is 3. The van der Waals surface area contributed by atoms with E-state index in [2.05, 4.69) is 6.92 Å². The third-order valence-corrected chi connectivity index (χ3v) is 1.10. The topological polar surface area (TPSA) is 39.4 Å². The number of hydrogen-bond donors (Lipinski definition) is 0. The van der Waals surface area contributed by atoms with Crippen LogP contribution in [0.15, 0.2) is 22.8 Å². The summed E-state index contributed by atoms with van der Waals surface area (Å²) < 4.78 is 9.54. The molecule has 0 aliphatic heterocycles. The quantitative estimate of drug-likeness (QED) is 0.620. The van der Waals surface area contributed by atoms with Crippen molar-refractivity contribution in [2.75, 3.05) is 6.61 Å². The maximum absolute atomic E-state index is 10.9. The summed E-state index contributed by atoms with van der Waals surface area (Å²) in [5.74, 6) is -0.197. The molecular formula is C8H9O3. The Bertz CT molecular complexity index is 213. The van der Waals surface area contributed by atoms with Gasteiger partial charge in [0, 0.05) is 0 Å². The largest absolute Gasteiger partial charge is 0.460 e. The van der Waals surface area contributed by atoms with Gasteiger partial charge < -0.3 is 9.15 Å². The van der Waals surface area contributed by atoms with E-state index in [9.17, 15) is 4.79 Å². The van der Waals surface area contributed by atoms with Crippen LogP contribution in [0.2, 0.25) is 0 Å². The average molecular weight is 153 g/mol. The molecule has 3 nitrogen and oxygen atoms in total. The second kappa shape index (κ2) is 3.81. The molecule has 0 aliphatic carbocycles. The van der Waals surface area contributed by atoms with E-state index in [1.54, 1.807) is 12.1 Å². The molecule has 11 heavy (non-hydrogen) atoms. The summed E-state index contributed by atoms with van der Waals surface area (Å²) in [5.41, 5.74) is 0. The van der Waals surface area contributed by atoms with Gasteiger partial charge in [-0.1, -0.05) is 0 Å². The normalized spacial score (nSPS) is 9.55. The van der Waals surface area contributed by atoms with Crippen molar-refractivity contribution in [3.8, 4) is 0 Å². The summed E-state index contributed by atoms with van der Waals surface area (Å²) in [6.45, 7) is 3.86. The van der Waals surface area contributed by atoms with E-state index in [1.165, 1.54) is 6.26 Å². The summed E-state index contributed by atoms with van der Waals surface area (Å²) in [6, 6.07) is 3.20. The predicted molar refractivity (Wildman–Crippen MR) is 39.0 cm³/mol. The fraction of sp³-hybridized carbons (Fsp3) is 0.250. The Hall–Kier alpha value is -1.25. The van der Waals surface area contributed by atoms with Crippen molar-refractivity contribution < 1.29 is 13.9 Å². The summed E-state index contributed by atoms with van der Waals surface area (Å²) >= 11 is 0. The summed E-state index contributed by atoms with van der Waals surface area (Å²) in [6.07, 6.45) is 2.01. The standard InChI is InChI=1S/C8H9O3/c1-2-5-11-8(9)7-4-3-6-10-7/h3-4,6H,1-2,5H2. The van der Waals surface area contributed by atoms with Gasteiger partial charge in [0.1, 0.15) is 0 Å². The molecule has 0 saturated heterocycles. The molecule has 0 aliphatic rings. The molecule has 1 radical (unpaired) electrons. The highest BCUT2D eigenvalue weighted by atomic mass is 16.5. The first-order chi connectivity index (χ1) is 5.34. The zero-order chi connectivity index (χ0) is 8.10. The van der Waals surface area contributed by atoms with Crippen molar-refractivity contribution in [2.24, 2.45) is 0 Å².